The Kier molecular flexibility index (Phi) is 4.59. The molecule has 1 N–H and O–H groups in total. The minimum absolute atomic E-state index is 0.434. The van der Waals surface area contributed by atoms with Crippen LogP contribution in [0.15, 0.2) is 58.1 Å². The SMILES string of the molecule is COc1ccc([C@@]2(C)NC(=O)N(/N=C\c3ccc(Br)cc3)C2=O)cc1. The molecule has 1 heterocycles. The molecule has 128 valence electrons. The number of carbonyl (C=O) groups excluding carboxylic acids is 2. The summed E-state index contributed by atoms with van der Waals surface area (Å²) in [5, 5.41) is 7.60. The number of imide groups is 1. The fourth-order valence-electron chi connectivity index (χ4n) is 2.52. The van der Waals surface area contributed by atoms with Crippen LogP contribution in [0, 0.1) is 0 Å². The molecule has 3 rings (SSSR count). The van der Waals surface area contributed by atoms with Gasteiger partial charge >= 0.3 is 6.03 Å². The lowest BCUT2D eigenvalue weighted by Crippen LogP contribution is -2.40. The first-order valence-electron chi connectivity index (χ1n) is 7.55. The Hall–Kier alpha value is -2.67. The molecule has 1 atom stereocenters. The molecule has 1 aliphatic rings. The molecule has 2 aromatic rings. The molecule has 25 heavy (non-hydrogen) atoms. The lowest BCUT2D eigenvalue weighted by Gasteiger charge is -2.21. The van der Waals surface area contributed by atoms with Gasteiger partial charge in [0.05, 0.1) is 13.3 Å². The maximum absolute atomic E-state index is 12.8. The number of urea groups is 1. The third-order valence-corrected chi connectivity index (χ3v) is 4.56. The van der Waals surface area contributed by atoms with Crippen LogP contribution in [-0.2, 0) is 10.3 Å². The van der Waals surface area contributed by atoms with Crippen molar-refractivity contribution < 1.29 is 14.3 Å². The number of nitrogens with one attached hydrogen (secondary N) is 1. The highest BCUT2D eigenvalue weighted by atomic mass is 79.9. The van der Waals surface area contributed by atoms with Crippen molar-refractivity contribution in [3.63, 3.8) is 0 Å². The molecule has 1 aliphatic heterocycles. The van der Waals surface area contributed by atoms with Gasteiger partial charge < -0.3 is 10.1 Å². The quantitative estimate of drug-likeness (QED) is 0.631. The summed E-state index contributed by atoms with van der Waals surface area (Å²) in [6, 6.07) is 13.8. The van der Waals surface area contributed by atoms with Crippen LogP contribution in [0.1, 0.15) is 18.1 Å². The molecule has 3 amide bonds. The van der Waals surface area contributed by atoms with Crippen LogP contribution < -0.4 is 10.1 Å². The number of hydrogen-bond donors (Lipinski definition) is 1. The Morgan fingerprint density at radius 1 is 1.12 bits per heavy atom. The highest BCUT2D eigenvalue weighted by Crippen LogP contribution is 2.30. The molecule has 0 aromatic heterocycles. The average Bonchev–Trinajstić information content (AvgIpc) is 2.84. The summed E-state index contributed by atoms with van der Waals surface area (Å²) in [5.41, 5.74) is 0.273. The molecular weight excluding hydrogens is 386 g/mol. The van der Waals surface area contributed by atoms with Crippen molar-refractivity contribution in [2.24, 2.45) is 5.10 Å². The maximum atomic E-state index is 12.8. The molecule has 1 saturated heterocycles. The van der Waals surface area contributed by atoms with E-state index in [4.69, 9.17) is 4.74 Å². The Balaban J connectivity index is 1.84. The van der Waals surface area contributed by atoms with Crippen LogP contribution in [0.25, 0.3) is 0 Å². The molecule has 0 bridgehead atoms. The van der Waals surface area contributed by atoms with E-state index in [-0.39, 0.29) is 0 Å². The van der Waals surface area contributed by atoms with E-state index in [1.54, 1.807) is 38.3 Å². The smallest absolute Gasteiger partial charge is 0.346 e. The fraction of sp³-hybridized carbons (Fsp3) is 0.167. The number of carbonyl (C=O) groups is 2. The van der Waals surface area contributed by atoms with Gasteiger partial charge in [-0.15, -0.1) is 5.01 Å². The molecule has 1 fully saturated rings. The number of halogens is 1. The first-order chi connectivity index (χ1) is 11.9. The molecule has 7 heteroatoms. The fourth-order valence-corrected chi connectivity index (χ4v) is 2.79. The number of benzene rings is 2. The average molecular weight is 402 g/mol. The number of ether oxygens (including phenoxy) is 1. The van der Waals surface area contributed by atoms with Gasteiger partial charge in [-0.05, 0) is 42.3 Å². The van der Waals surface area contributed by atoms with Crippen LogP contribution in [0.2, 0.25) is 0 Å². The van der Waals surface area contributed by atoms with Crippen LogP contribution in [0.4, 0.5) is 4.79 Å². The highest BCUT2D eigenvalue weighted by molar-refractivity contribution is 9.10. The second-order valence-electron chi connectivity index (χ2n) is 5.70. The van der Waals surface area contributed by atoms with Gasteiger partial charge in [0.2, 0.25) is 0 Å². The normalized spacial score (nSPS) is 20.2. The van der Waals surface area contributed by atoms with E-state index in [0.29, 0.717) is 11.3 Å². The van der Waals surface area contributed by atoms with Gasteiger partial charge in [0.15, 0.2) is 0 Å². The summed E-state index contributed by atoms with van der Waals surface area (Å²) in [7, 11) is 1.57. The largest absolute Gasteiger partial charge is 0.497 e. The zero-order chi connectivity index (χ0) is 18.0. The summed E-state index contributed by atoms with van der Waals surface area (Å²) in [6.07, 6.45) is 1.48. The van der Waals surface area contributed by atoms with Gasteiger partial charge in [-0.2, -0.15) is 5.10 Å². The number of hydrogen-bond acceptors (Lipinski definition) is 4. The predicted molar refractivity (Wildman–Crippen MR) is 97.5 cm³/mol. The van der Waals surface area contributed by atoms with Crippen molar-refractivity contribution in [1.82, 2.24) is 10.3 Å². The Labute approximate surface area is 153 Å². The Morgan fingerprint density at radius 2 is 1.76 bits per heavy atom. The monoisotopic (exact) mass is 401 g/mol. The van der Waals surface area contributed by atoms with E-state index < -0.39 is 17.5 Å². The third kappa shape index (κ3) is 3.28. The molecule has 0 aliphatic carbocycles. The summed E-state index contributed by atoms with van der Waals surface area (Å²) >= 11 is 3.35. The molecule has 0 saturated carbocycles. The number of hydrazone groups is 1. The third-order valence-electron chi connectivity index (χ3n) is 4.03. The Bertz CT molecular complexity index is 834. The first-order valence-corrected chi connectivity index (χ1v) is 8.34. The van der Waals surface area contributed by atoms with Gasteiger partial charge in [-0.1, -0.05) is 40.2 Å². The molecule has 2 aromatic carbocycles. The number of nitrogens with zero attached hydrogens (tertiary/aromatic N) is 2. The maximum Gasteiger partial charge on any atom is 0.346 e. The van der Waals surface area contributed by atoms with Crippen LogP contribution in [0.3, 0.4) is 0 Å². The molecule has 0 radical (unpaired) electrons. The zero-order valence-corrected chi connectivity index (χ0v) is 15.3. The topological polar surface area (TPSA) is 71.0 Å². The Morgan fingerprint density at radius 3 is 2.36 bits per heavy atom. The van der Waals surface area contributed by atoms with Gasteiger partial charge in [0.1, 0.15) is 11.3 Å². The van der Waals surface area contributed by atoms with Gasteiger partial charge in [-0.25, -0.2) is 4.79 Å². The summed E-state index contributed by atoms with van der Waals surface area (Å²) in [6.45, 7) is 1.66. The first kappa shape index (κ1) is 17.2. The van der Waals surface area contributed by atoms with Crippen molar-refractivity contribution >= 4 is 34.1 Å². The molecule has 0 unspecified atom stereocenters. The van der Waals surface area contributed by atoms with Gasteiger partial charge in [-0.3, -0.25) is 4.79 Å². The van der Waals surface area contributed by atoms with Crippen LogP contribution in [-0.4, -0.2) is 30.3 Å². The van der Waals surface area contributed by atoms with E-state index in [9.17, 15) is 9.59 Å². The van der Waals surface area contributed by atoms with Crippen molar-refractivity contribution in [2.45, 2.75) is 12.5 Å². The highest BCUT2D eigenvalue weighted by Gasteiger charge is 2.49. The molecular formula is C18H16BrN3O3. The minimum Gasteiger partial charge on any atom is -0.497 e. The van der Waals surface area contributed by atoms with E-state index in [1.165, 1.54) is 6.21 Å². The second kappa shape index (κ2) is 6.68. The number of methoxy groups -OCH3 is 1. The van der Waals surface area contributed by atoms with Crippen molar-refractivity contribution in [3.8, 4) is 5.75 Å². The number of amides is 3. The second-order valence-corrected chi connectivity index (χ2v) is 6.61. The van der Waals surface area contributed by atoms with E-state index in [0.717, 1.165) is 15.0 Å². The molecule has 0 spiro atoms. The number of rotatable bonds is 4. The van der Waals surface area contributed by atoms with Gasteiger partial charge in [0, 0.05) is 4.47 Å². The predicted octanol–water partition coefficient (Wildman–Crippen LogP) is 3.26. The lowest BCUT2D eigenvalue weighted by molar-refractivity contribution is -0.131. The standard InChI is InChI=1S/C18H16BrN3O3/c1-18(13-5-9-15(25-2)10-6-13)16(23)22(17(24)21-18)20-11-12-3-7-14(19)8-4-12/h3-11H,1-2H3,(H,21,24)/b20-11-/t18-/m1/s1. The van der Waals surface area contributed by atoms with Crippen molar-refractivity contribution in [2.75, 3.05) is 7.11 Å². The van der Waals surface area contributed by atoms with E-state index in [2.05, 4.69) is 26.3 Å². The molecule has 6 nitrogen and oxygen atoms in total. The van der Waals surface area contributed by atoms with E-state index >= 15 is 0 Å². The summed E-state index contributed by atoms with van der Waals surface area (Å²) in [5.74, 6) is 0.241. The minimum atomic E-state index is -1.17. The summed E-state index contributed by atoms with van der Waals surface area (Å²) in [4.78, 5) is 25.0. The zero-order valence-electron chi connectivity index (χ0n) is 13.7. The van der Waals surface area contributed by atoms with Crippen LogP contribution in [0.5, 0.6) is 5.75 Å². The van der Waals surface area contributed by atoms with E-state index in [1.807, 2.05) is 24.3 Å². The van der Waals surface area contributed by atoms with Crippen molar-refractivity contribution in [1.29, 1.82) is 0 Å². The van der Waals surface area contributed by atoms with Crippen molar-refractivity contribution in [3.05, 3.63) is 64.1 Å². The van der Waals surface area contributed by atoms with Crippen LogP contribution >= 0.6 is 15.9 Å². The van der Waals surface area contributed by atoms with Gasteiger partial charge in [0.25, 0.3) is 5.91 Å². The summed E-state index contributed by atoms with van der Waals surface area (Å²) < 4.78 is 6.06. The lowest BCUT2D eigenvalue weighted by atomic mass is 9.92.